The summed E-state index contributed by atoms with van der Waals surface area (Å²) in [4.78, 5) is 1.32. The Morgan fingerprint density at radius 3 is 2.47 bits per heavy atom. The van der Waals surface area contributed by atoms with Crippen LogP contribution in [-0.4, -0.2) is 7.05 Å². The minimum Gasteiger partial charge on any atom is -0.309 e. The topological polar surface area (TPSA) is 12.0 Å². The summed E-state index contributed by atoms with van der Waals surface area (Å²) in [6.45, 7) is 2.12. The van der Waals surface area contributed by atoms with Crippen LogP contribution in [0.2, 0.25) is 0 Å². The monoisotopic (exact) mass is 373 g/mol. The quantitative estimate of drug-likeness (QED) is 0.806. The van der Waals surface area contributed by atoms with Crippen molar-refractivity contribution in [3.05, 3.63) is 54.6 Å². The summed E-state index contributed by atoms with van der Waals surface area (Å²) in [7, 11) is 1.99. The minimum absolute atomic E-state index is 0.237. The molecule has 1 atom stereocenters. The van der Waals surface area contributed by atoms with Gasteiger partial charge in [-0.05, 0) is 53.2 Å². The fourth-order valence-electron chi connectivity index (χ4n) is 1.79. The SMILES string of the molecule is CNC(c1cc(C)c(Br)s1)c1ccccc1Br. The van der Waals surface area contributed by atoms with Crippen LogP contribution in [0.15, 0.2) is 38.6 Å². The zero-order valence-electron chi connectivity index (χ0n) is 9.63. The van der Waals surface area contributed by atoms with Crippen molar-refractivity contribution in [1.82, 2.24) is 5.32 Å². The highest BCUT2D eigenvalue weighted by molar-refractivity contribution is 9.11. The molecule has 1 aromatic carbocycles. The Labute approximate surface area is 123 Å². The van der Waals surface area contributed by atoms with Crippen molar-refractivity contribution in [3.8, 4) is 0 Å². The van der Waals surface area contributed by atoms with E-state index in [0.29, 0.717) is 0 Å². The van der Waals surface area contributed by atoms with Gasteiger partial charge in [-0.1, -0.05) is 34.1 Å². The molecule has 2 aromatic rings. The molecule has 0 aliphatic carbocycles. The minimum atomic E-state index is 0.237. The van der Waals surface area contributed by atoms with Crippen LogP contribution in [0.25, 0.3) is 0 Å². The summed E-state index contributed by atoms with van der Waals surface area (Å²) in [5.41, 5.74) is 2.56. The fourth-order valence-corrected chi connectivity index (χ4v) is 4.00. The highest BCUT2D eigenvalue weighted by Crippen LogP contribution is 2.36. The van der Waals surface area contributed by atoms with E-state index in [2.05, 4.69) is 68.4 Å². The Morgan fingerprint density at radius 1 is 1.24 bits per heavy atom. The van der Waals surface area contributed by atoms with Crippen LogP contribution in [0.4, 0.5) is 0 Å². The molecule has 1 nitrogen and oxygen atoms in total. The number of rotatable bonds is 3. The molecule has 0 radical (unpaired) electrons. The van der Waals surface area contributed by atoms with E-state index in [1.54, 1.807) is 11.3 Å². The molecule has 90 valence electrons. The second-order valence-electron chi connectivity index (χ2n) is 3.85. The summed E-state index contributed by atoms with van der Waals surface area (Å²) < 4.78 is 2.35. The zero-order chi connectivity index (χ0) is 12.4. The van der Waals surface area contributed by atoms with Crippen LogP contribution in [0, 0.1) is 6.92 Å². The Kier molecular flexibility index (Phi) is 4.42. The molecule has 0 saturated heterocycles. The van der Waals surface area contributed by atoms with E-state index in [1.807, 2.05) is 13.1 Å². The molecule has 0 saturated carbocycles. The summed E-state index contributed by atoms with van der Waals surface area (Å²) in [5, 5.41) is 3.38. The highest BCUT2D eigenvalue weighted by Gasteiger charge is 2.17. The number of nitrogens with one attached hydrogen (secondary N) is 1. The number of thiophene rings is 1. The van der Waals surface area contributed by atoms with Crippen LogP contribution in [0.1, 0.15) is 22.0 Å². The van der Waals surface area contributed by atoms with Crippen molar-refractivity contribution in [2.24, 2.45) is 0 Å². The number of hydrogen-bond acceptors (Lipinski definition) is 2. The molecule has 0 spiro atoms. The van der Waals surface area contributed by atoms with Crippen LogP contribution in [-0.2, 0) is 0 Å². The molecule has 4 heteroatoms. The van der Waals surface area contributed by atoms with Gasteiger partial charge in [0.05, 0.1) is 9.83 Å². The average Bonchev–Trinajstić information content (AvgIpc) is 2.63. The molecule has 1 unspecified atom stereocenters. The van der Waals surface area contributed by atoms with Crippen LogP contribution < -0.4 is 5.32 Å². The summed E-state index contributed by atoms with van der Waals surface area (Å²) >= 11 is 8.98. The number of halogens is 2. The van der Waals surface area contributed by atoms with E-state index < -0.39 is 0 Å². The van der Waals surface area contributed by atoms with Crippen LogP contribution in [0.5, 0.6) is 0 Å². The van der Waals surface area contributed by atoms with E-state index in [4.69, 9.17) is 0 Å². The van der Waals surface area contributed by atoms with Gasteiger partial charge in [0, 0.05) is 9.35 Å². The lowest BCUT2D eigenvalue weighted by Gasteiger charge is -2.16. The third-order valence-electron chi connectivity index (χ3n) is 2.67. The highest BCUT2D eigenvalue weighted by atomic mass is 79.9. The van der Waals surface area contributed by atoms with Gasteiger partial charge in [-0.15, -0.1) is 11.3 Å². The van der Waals surface area contributed by atoms with Crippen LogP contribution >= 0.6 is 43.2 Å². The standard InChI is InChI=1S/C13H13Br2NS/c1-8-7-11(17-13(8)15)12(16-2)9-5-3-4-6-10(9)14/h3-7,12,16H,1-2H3. The van der Waals surface area contributed by atoms with E-state index >= 15 is 0 Å². The van der Waals surface area contributed by atoms with Gasteiger partial charge in [-0.3, -0.25) is 0 Å². The summed E-state index contributed by atoms with van der Waals surface area (Å²) in [6.07, 6.45) is 0. The molecule has 1 aromatic heterocycles. The molecule has 17 heavy (non-hydrogen) atoms. The molecule has 1 heterocycles. The smallest absolute Gasteiger partial charge is 0.0731 e. The van der Waals surface area contributed by atoms with E-state index in [0.717, 1.165) is 4.47 Å². The maximum atomic E-state index is 3.61. The zero-order valence-corrected chi connectivity index (χ0v) is 13.6. The molecule has 2 rings (SSSR count). The third kappa shape index (κ3) is 2.81. The summed E-state index contributed by atoms with van der Waals surface area (Å²) in [6, 6.07) is 10.8. The Bertz CT molecular complexity index is 502. The van der Waals surface area contributed by atoms with Gasteiger partial charge < -0.3 is 5.32 Å². The third-order valence-corrected chi connectivity index (χ3v) is 5.59. The van der Waals surface area contributed by atoms with Crippen molar-refractivity contribution in [2.45, 2.75) is 13.0 Å². The average molecular weight is 375 g/mol. The Hall–Kier alpha value is -0.160. The lowest BCUT2D eigenvalue weighted by Crippen LogP contribution is -2.16. The fraction of sp³-hybridized carbons (Fsp3) is 0.231. The predicted octanol–water partition coefficient (Wildman–Crippen LogP) is 4.89. The maximum absolute atomic E-state index is 3.61. The van der Waals surface area contributed by atoms with Gasteiger partial charge in [-0.2, -0.15) is 0 Å². The molecule has 0 fully saturated rings. The number of benzene rings is 1. The van der Waals surface area contributed by atoms with Gasteiger partial charge in [0.15, 0.2) is 0 Å². The first-order valence-electron chi connectivity index (χ1n) is 5.31. The molecular formula is C13H13Br2NS. The second-order valence-corrected chi connectivity index (χ2v) is 7.10. The molecular weight excluding hydrogens is 362 g/mol. The Morgan fingerprint density at radius 2 is 1.94 bits per heavy atom. The first-order chi connectivity index (χ1) is 8.13. The van der Waals surface area contributed by atoms with Crippen molar-refractivity contribution < 1.29 is 0 Å². The van der Waals surface area contributed by atoms with Gasteiger partial charge in [0.1, 0.15) is 0 Å². The molecule has 1 N–H and O–H groups in total. The first kappa shape index (κ1) is 13.3. The lowest BCUT2D eigenvalue weighted by molar-refractivity contribution is 0.700. The van der Waals surface area contributed by atoms with E-state index in [9.17, 15) is 0 Å². The molecule has 0 amide bonds. The Balaban J connectivity index is 2.44. The van der Waals surface area contributed by atoms with Gasteiger partial charge >= 0.3 is 0 Å². The van der Waals surface area contributed by atoms with Crippen molar-refractivity contribution in [3.63, 3.8) is 0 Å². The van der Waals surface area contributed by atoms with E-state index in [-0.39, 0.29) is 6.04 Å². The molecule has 0 aliphatic heterocycles. The maximum Gasteiger partial charge on any atom is 0.0731 e. The van der Waals surface area contributed by atoms with Crippen molar-refractivity contribution in [2.75, 3.05) is 7.05 Å². The second kappa shape index (κ2) is 5.65. The van der Waals surface area contributed by atoms with Crippen molar-refractivity contribution in [1.29, 1.82) is 0 Å². The molecule has 0 aliphatic rings. The van der Waals surface area contributed by atoms with Gasteiger partial charge in [0.25, 0.3) is 0 Å². The number of aryl methyl sites for hydroxylation is 1. The predicted molar refractivity (Wildman–Crippen MR) is 81.8 cm³/mol. The molecule has 0 bridgehead atoms. The van der Waals surface area contributed by atoms with Gasteiger partial charge in [-0.25, -0.2) is 0 Å². The van der Waals surface area contributed by atoms with E-state index in [1.165, 1.54) is 19.8 Å². The van der Waals surface area contributed by atoms with Crippen LogP contribution in [0.3, 0.4) is 0 Å². The summed E-state index contributed by atoms with van der Waals surface area (Å²) in [5.74, 6) is 0. The normalized spacial score (nSPS) is 12.7. The van der Waals surface area contributed by atoms with Gasteiger partial charge in [0.2, 0.25) is 0 Å². The first-order valence-corrected chi connectivity index (χ1v) is 7.71. The van der Waals surface area contributed by atoms with Crippen molar-refractivity contribution >= 4 is 43.2 Å². The number of hydrogen-bond donors (Lipinski definition) is 1. The largest absolute Gasteiger partial charge is 0.309 e. The lowest BCUT2D eigenvalue weighted by atomic mass is 10.1.